The first-order valence-corrected chi connectivity index (χ1v) is 10.1. The molecule has 0 aliphatic carbocycles. The van der Waals surface area contributed by atoms with Gasteiger partial charge in [0.15, 0.2) is 0 Å². The van der Waals surface area contributed by atoms with Crippen molar-refractivity contribution in [3.05, 3.63) is 42.6 Å². The Kier molecular flexibility index (Phi) is 6.68. The second kappa shape index (κ2) is 9.20. The average Bonchev–Trinajstić information content (AvgIpc) is 2.71. The maximum atomic E-state index is 11.0. The first kappa shape index (κ1) is 20.3. The normalized spacial score (nSPS) is 15.5. The van der Waals surface area contributed by atoms with Crippen molar-refractivity contribution in [1.29, 1.82) is 0 Å². The van der Waals surface area contributed by atoms with E-state index in [0.717, 1.165) is 61.3 Å². The number of nitrogens with zero attached hydrogens (tertiary/aromatic N) is 2. The predicted molar refractivity (Wildman–Crippen MR) is 112 cm³/mol. The van der Waals surface area contributed by atoms with Crippen LogP contribution in [0, 0.1) is 5.92 Å². The van der Waals surface area contributed by atoms with E-state index in [1.54, 1.807) is 0 Å². The zero-order valence-electron chi connectivity index (χ0n) is 16.8. The first-order valence-electron chi connectivity index (χ1n) is 10.1. The largest absolute Gasteiger partial charge is 0.494 e. The van der Waals surface area contributed by atoms with Crippen molar-refractivity contribution in [3.8, 4) is 16.9 Å². The van der Waals surface area contributed by atoms with Gasteiger partial charge in [-0.05, 0) is 74.9 Å². The number of benzene rings is 1. The number of piperidine rings is 1. The van der Waals surface area contributed by atoms with Gasteiger partial charge in [0.25, 0.3) is 0 Å². The monoisotopic (exact) mass is 382 g/mol. The van der Waals surface area contributed by atoms with Crippen LogP contribution in [0.3, 0.4) is 0 Å². The number of aldehydes is 1. The fraction of sp³-hybridized carbons (Fsp3) is 0.478. The standard InChI is InChI=1S/C23H30N2O3/c1-23(2,27)10-4-14-28-21-6-3-5-19(15-21)20-7-11-24-22(16-20)25-12-8-18(17-26)9-13-25/h3,5-7,11,15-18,27H,4,8-10,12-14H2,1-2H3. The molecule has 0 amide bonds. The van der Waals surface area contributed by atoms with Crippen LogP contribution >= 0.6 is 0 Å². The Morgan fingerprint density at radius 3 is 2.68 bits per heavy atom. The number of rotatable bonds is 8. The highest BCUT2D eigenvalue weighted by Crippen LogP contribution is 2.28. The van der Waals surface area contributed by atoms with Gasteiger partial charge in [-0.25, -0.2) is 4.98 Å². The molecule has 0 radical (unpaired) electrons. The summed E-state index contributed by atoms with van der Waals surface area (Å²) >= 11 is 0. The SMILES string of the molecule is CC(C)(O)CCCOc1cccc(-c2ccnc(N3CCC(C=O)CC3)c2)c1. The summed E-state index contributed by atoms with van der Waals surface area (Å²) in [5.41, 5.74) is 1.54. The third-order valence-electron chi connectivity index (χ3n) is 5.17. The third kappa shape index (κ3) is 5.80. The first-order chi connectivity index (χ1) is 13.4. The molecule has 5 heteroatoms. The summed E-state index contributed by atoms with van der Waals surface area (Å²) in [6.45, 7) is 5.95. The van der Waals surface area contributed by atoms with E-state index < -0.39 is 5.60 Å². The van der Waals surface area contributed by atoms with E-state index in [0.29, 0.717) is 13.0 Å². The zero-order valence-corrected chi connectivity index (χ0v) is 16.8. The van der Waals surface area contributed by atoms with Crippen LogP contribution in [-0.4, -0.2) is 41.7 Å². The lowest BCUT2D eigenvalue weighted by molar-refractivity contribution is -0.111. The Morgan fingerprint density at radius 1 is 1.21 bits per heavy atom. The summed E-state index contributed by atoms with van der Waals surface area (Å²) in [5, 5.41) is 9.79. The number of carbonyl (C=O) groups excluding carboxylic acids is 1. The van der Waals surface area contributed by atoms with Gasteiger partial charge in [0, 0.05) is 25.2 Å². The van der Waals surface area contributed by atoms with Gasteiger partial charge in [0.05, 0.1) is 12.2 Å². The number of aliphatic hydroxyl groups is 1. The number of pyridine rings is 1. The predicted octanol–water partition coefficient (Wildman–Crippen LogP) is 4.09. The molecule has 1 aromatic carbocycles. The van der Waals surface area contributed by atoms with Crippen molar-refractivity contribution < 1.29 is 14.6 Å². The van der Waals surface area contributed by atoms with Crippen molar-refractivity contribution in [2.45, 2.75) is 45.1 Å². The number of carbonyl (C=O) groups is 1. The van der Waals surface area contributed by atoms with Crippen LogP contribution in [0.15, 0.2) is 42.6 Å². The van der Waals surface area contributed by atoms with Crippen molar-refractivity contribution in [3.63, 3.8) is 0 Å². The molecule has 28 heavy (non-hydrogen) atoms. The summed E-state index contributed by atoms with van der Waals surface area (Å²) in [6.07, 6.45) is 6.22. The van der Waals surface area contributed by atoms with Crippen LogP contribution in [0.25, 0.3) is 11.1 Å². The van der Waals surface area contributed by atoms with Crippen LogP contribution < -0.4 is 9.64 Å². The fourth-order valence-electron chi connectivity index (χ4n) is 3.50. The number of aromatic nitrogens is 1. The highest BCUT2D eigenvalue weighted by molar-refractivity contribution is 5.68. The highest BCUT2D eigenvalue weighted by atomic mass is 16.5. The minimum absolute atomic E-state index is 0.185. The molecule has 0 saturated carbocycles. The molecule has 1 aliphatic heterocycles. The topological polar surface area (TPSA) is 62.7 Å². The van der Waals surface area contributed by atoms with Crippen LogP contribution in [0.4, 0.5) is 5.82 Å². The van der Waals surface area contributed by atoms with Crippen molar-refractivity contribution >= 4 is 12.1 Å². The Bertz CT molecular complexity index is 777. The average molecular weight is 383 g/mol. The maximum absolute atomic E-state index is 11.0. The Balaban J connectivity index is 1.64. The van der Waals surface area contributed by atoms with Gasteiger partial charge in [-0.15, -0.1) is 0 Å². The molecule has 1 fully saturated rings. The van der Waals surface area contributed by atoms with Crippen LogP contribution in [0.2, 0.25) is 0 Å². The van der Waals surface area contributed by atoms with E-state index in [1.165, 1.54) is 0 Å². The molecule has 3 rings (SSSR count). The van der Waals surface area contributed by atoms with Crippen molar-refractivity contribution in [2.24, 2.45) is 5.92 Å². The second-order valence-corrected chi connectivity index (χ2v) is 8.16. The molecular formula is C23H30N2O3. The minimum atomic E-state index is -0.654. The molecule has 1 N–H and O–H groups in total. The molecule has 1 saturated heterocycles. The third-order valence-corrected chi connectivity index (χ3v) is 5.17. The Morgan fingerprint density at radius 2 is 1.96 bits per heavy atom. The molecule has 5 nitrogen and oxygen atoms in total. The van der Waals surface area contributed by atoms with Gasteiger partial charge < -0.3 is 19.5 Å². The summed E-state index contributed by atoms with van der Waals surface area (Å²) in [5.74, 6) is 1.97. The lowest BCUT2D eigenvalue weighted by atomic mass is 9.98. The van der Waals surface area contributed by atoms with Gasteiger partial charge in [-0.2, -0.15) is 0 Å². The summed E-state index contributed by atoms with van der Waals surface area (Å²) < 4.78 is 5.86. The molecule has 0 spiro atoms. The molecule has 2 heterocycles. The Labute approximate surface area is 167 Å². The lowest BCUT2D eigenvalue weighted by Crippen LogP contribution is -2.34. The molecule has 1 aromatic heterocycles. The number of hydrogen-bond donors (Lipinski definition) is 1. The number of ether oxygens (including phenoxy) is 1. The van der Waals surface area contributed by atoms with Gasteiger partial charge in [-0.3, -0.25) is 0 Å². The van der Waals surface area contributed by atoms with Crippen molar-refractivity contribution in [2.75, 3.05) is 24.6 Å². The number of hydrogen-bond acceptors (Lipinski definition) is 5. The van der Waals surface area contributed by atoms with E-state index in [1.807, 2.05) is 44.3 Å². The Hall–Kier alpha value is -2.40. The molecule has 0 atom stereocenters. The summed E-state index contributed by atoms with van der Waals surface area (Å²) in [6, 6.07) is 12.2. The van der Waals surface area contributed by atoms with E-state index >= 15 is 0 Å². The minimum Gasteiger partial charge on any atom is -0.494 e. The zero-order chi connectivity index (χ0) is 20.0. The van der Waals surface area contributed by atoms with Crippen LogP contribution in [0.1, 0.15) is 39.5 Å². The number of anilines is 1. The van der Waals surface area contributed by atoms with E-state index in [-0.39, 0.29) is 5.92 Å². The van der Waals surface area contributed by atoms with Crippen LogP contribution in [0.5, 0.6) is 5.75 Å². The van der Waals surface area contributed by atoms with E-state index in [9.17, 15) is 9.90 Å². The maximum Gasteiger partial charge on any atom is 0.129 e. The van der Waals surface area contributed by atoms with E-state index in [4.69, 9.17) is 4.74 Å². The van der Waals surface area contributed by atoms with Gasteiger partial charge >= 0.3 is 0 Å². The van der Waals surface area contributed by atoms with Crippen molar-refractivity contribution in [1.82, 2.24) is 4.98 Å². The molecule has 0 unspecified atom stereocenters. The molecule has 1 aliphatic rings. The van der Waals surface area contributed by atoms with E-state index in [2.05, 4.69) is 22.0 Å². The van der Waals surface area contributed by atoms with Crippen LogP contribution in [-0.2, 0) is 4.79 Å². The molecule has 150 valence electrons. The summed E-state index contributed by atoms with van der Waals surface area (Å²) in [4.78, 5) is 17.7. The molecule has 0 bridgehead atoms. The van der Waals surface area contributed by atoms with Gasteiger partial charge in [0.1, 0.15) is 17.9 Å². The summed E-state index contributed by atoms with van der Waals surface area (Å²) in [7, 11) is 0. The smallest absolute Gasteiger partial charge is 0.129 e. The lowest BCUT2D eigenvalue weighted by Gasteiger charge is -2.30. The molecular weight excluding hydrogens is 352 g/mol. The van der Waals surface area contributed by atoms with Gasteiger partial charge in [0.2, 0.25) is 0 Å². The van der Waals surface area contributed by atoms with Gasteiger partial charge in [-0.1, -0.05) is 12.1 Å². The molecule has 2 aromatic rings. The fourth-order valence-corrected chi connectivity index (χ4v) is 3.50. The highest BCUT2D eigenvalue weighted by Gasteiger charge is 2.19. The quantitative estimate of drug-likeness (QED) is 0.550. The second-order valence-electron chi connectivity index (χ2n) is 8.16.